The van der Waals surface area contributed by atoms with Crippen molar-refractivity contribution in [1.82, 2.24) is 4.98 Å². The molecule has 2 nitrogen and oxygen atoms in total. The number of hydrogen-bond acceptors (Lipinski definition) is 3. The van der Waals surface area contributed by atoms with Crippen molar-refractivity contribution < 1.29 is 5.11 Å². The van der Waals surface area contributed by atoms with Crippen LogP contribution in [0.3, 0.4) is 0 Å². The van der Waals surface area contributed by atoms with Crippen LogP contribution in [0.25, 0.3) is 11.3 Å². The second-order valence-corrected chi connectivity index (χ2v) is 6.37. The molecular weight excluding hydrogens is 242 g/mol. The van der Waals surface area contributed by atoms with Crippen molar-refractivity contribution in [1.29, 1.82) is 0 Å². The van der Waals surface area contributed by atoms with E-state index in [1.165, 1.54) is 5.56 Å². The maximum absolute atomic E-state index is 8.89. The van der Waals surface area contributed by atoms with Gasteiger partial charge in [-0.25, -0.2) is 4.98 Å². The molecule has 0 radical (unpaired) electrons. The van der Waals surface area contributed by atoms with Gasteiger partial charge in [0, 0.05) is 24.0 Å². The molecule has 0 aliphatic heterocycles. The minimum atomic E-state index is 0.163. The van der Waals surface area contributed by atoms with Crippen LogP contribution in [0, 0.1) is 0 Å². The van der Waals surface area contributed by atoms with Gasteiger partial charge >= 0.3 is 0 Å². The maximum Gasteiger partial charge on any atom is 0.0955 e. The summed E-state index contributed by atoms with van der Waals surface area (Å²) in [7, 11) is 0. The molecule has 0 saturated carbocycles. The third kappa shape index (κ3) is 2.98. The van der Waals surface area contributed by atoms with Crippen LogP contribution in [-0.2, 0) is 11.8 Å². The van der Waals surface area contributed by atoms with E-state index in [0.717, 1.165) is 16.3 Å². The first-order valence-corrected chi connectivity index (χ1v) is 7.05. The van der Waals surface area contributed by atoms with Gasteiger partial charge in [0.05, 0.1) is 10.7 Å². The van der Waals surface area contributed by atoms with E-state index in [4.69, 9.17) is 5.11 Å². The van der Waals surface area contributed by atoms with Crippen LogP contribution in [0.1, 0.15) is 31.3 Å². The monoisotopic (exact) mass is 261 g/mol. The van der Waals surface area contributed by atoms with Crippen LogP contribution in [0.2, 0.25) is 0 Å². The van der Waals surface area contributed by atoms with E-state index in [0.29, 0.717) is 6.42 Å². The van der Waals surface area contributed by atoms with Crippen LogP contribution in [0.5, 0.6) is 0 Å². The molecule has 0 saturated heterocycles. The smallest absolute Gasteiger partial charge is 0.0955 e. The molecule has 0 aliphatic carbocycles. The second-order valence-electron chi connectivity index (χ2n) is 5.43. The van der Waals surface area contributed by atoms with Gasteiger partial charge in [-0.1, -0.05) is 45.0 Å². The summed E-state index contributed by atoms with van der Waals surface area (Å²) in [6.07, 6.45) is 0.644. The number of hydrogen-bond donors (Lipinski definition) is 1. The topological polar surface area (TPSA) is 33.1 Å². The minimum absolute atomic E-state index is 0.163. The summed E-state index contributed by atoms with van der Waals surface area (Å²) in [6.45, 7) is 6.80. The van der Waals surface area contributed by atoms with Crippen LogP contribution in [-0.4, -0.2) is 16.7 Å². The molecule has 0 spiro atoms. The van der Waals surface area contributed by atoms with Crippen LogP contribution < -0.4 is 0 Å². The average Bonchev–Trinajstić information content (AvgIpc) is 2.77. The molecule has 0 fully saturated rings. The molecule has 1 aromatic heterocycles. The van der Waals surface area contributed by atoms with Gasteiger partial charge in [-0.05, 0) is 11.0 Å². The molecule has 1 N–H and O–H groups in total. The lowest BCUT2D eigenvalue weighted by Crippen LogP contribution is -2.10. The Kier molecular flexibility index (Phi) is 3.83. The quantitative estimate of drug-likeness (QED) is 0.915. The Bertz CT molecular complexity index is 508. The number of thiazole rings is 1. The van der Waals surface area contributed by atoms with Gasteiger partial charge in [-0.15, -0.1) is 11.3 Å². The third-order valence-electron chi connectivity index (χ3n) is 2.92. The fourth-order valence-electron chi connectivity index (χ4n) is 1.79. The fraction of sp³-hybridized carbons (Fsp3) is 0.400. The van der Waals surface area contributed by atoms with Gasteiger partial charge in [0.1, 0.15) is 0 Å². The average molecular weight is 261 g/mol. The highest BCUT2D eigenvalue weighted by atomic mass is 32.1. The first-order chi connectivity index (χ1) is 8.50. The molecule has 0 bridgehead atoms. The summed E-state index contributed by atoms with van der Waals surface area (Å²) in [5.41, 5.74) is 3.66. The molecule has 96 valence electrons. The Balaban J connectivity index is 2.23. The highest BCUT2D eigenvalue weighted by molar-refractivity contribution is 7.09. The van der Waals surface area contributed by atoms with E-state index in [1.807, 2.05) is 0 Å². The Labute approximate surface area is 112 Å². The third-order valence-corrected chi connectivity index (χ3v) is 3.83. The van der Waals surface area contributed by atoms with Crippen molar-refractivity contribution in [3.8, 4) is 11.3 Å². The van der Waals surface area contributed by atoms with Gasteiger partial charge in [-0.2, -0.15) is 0 Å². The zero-order valence-electron chi connectivity index (χ0n) is 11.1. The molecule has 1 heterocycles. The second kappa shape index (κ2) is 5.21. The Morgan fingerprint density at radius 2 is 1.83 bits per heavy atom. The fourth-order valence-corrected chi connectivity index (χ4v) is 2.59. The van der Waals surface area contributed by atoms with Gasteiger partial charge in [-0.3, -0.25) is 0 Å². The lowest BCUT2D eigenvalue weighted by atomic mass is 9.86. The van der Waals surface area contributed by atoms with Crippen molar-refractivity contribution in [2.75, 3.05) is 6.61 Å². The maximum atomic E-state index is 8.89. The molecule has 0 unspecified atom stereocenters. The highest BCUT2D eigenvalue weighted by Crippen LogP contribution is 2.27. The van der Waals surface area contributed by atoms with Gasteiger partial charge < -0.3 is 5.11 Å². The first-order valence-electron chi connectivity index (χ1n) is 6.17. The number of aliphatic hydroxyl groups is 1. The zero-order chi connectivity index (χ0) is 13.2. The normalized spacial score (nSPS) is 11.8. The molecule has 2 rings (SSSR count). The van der Waals surface area contributed by atoms with Crippen molar-refractivity contribution in [2.24, 2.45) is 0 Å². The lowest BCUT2D eigenvalue weighted by molar-refractivity contribution is 0.299. The van der Waals surface area contributed by atoms with Crippen LogP contribution >= 0.6 is 11.3 Å². The molecule has 1 aromatic carbocycles. The van der Waals surface area contributed by atoms with E-state index in [2.05, 4.69) is 55.4 Å². The number of rotatable bonds is 3. The molecule has 0 atom stereocenters. The predicted octanol–water partition coefficient (Wildman–Crippen LogP) is 3.64. The molecule has 3 heteroatoms. The van der Waals surface area contributed by atoms with E-state index in [-0.39, 0.29) is 12.0 Å². The van der Waals surface area contributed by atoms with Crippen molar-refractivity contribution in [3.63, 3.8) is 0 Å². The lowest BCUT2D eigenvalue weighted by Gasteiger charge is -2.18. The van der Waals surface area contributed by atoms with Crippen molar-refractivity contribution >= 4 is 11.3 Å². The minimum Gasteiger partial charge on any atom is -0.396 e. The Morgan fingerprint density at radius 1 is 1.17 bits per heavy atom. The van der Waals surface area contributed by atoms with Crippen molar-refractivity contribution in [2.45, 2.75) is 32.6 Å². The van der Waals surface area contributed by atoms with E-state index in [9.17, 15) is 0 Å². The van der Waals surface area contributed by atoms with E-state index >= 15 is 0 Å². The predicted molar refractivity (Wildman–Crippen MR) is 77.0 cm³/mol. The summed E-state index contributed by atoms with van der Waals surface area (Å²) in [5.74, 6) is 0. The number of aromatic nitrogens is 1. The summed E-state index contributed by atoms with van der Waals surface area (Å²) in [6, 6.07) is 8.58. The Morgan fingerprint density at radius 3 is 2.39 bits per heavy atom. The summed E-state index contributed by atoms with van der Waals surface area (Å²) < 4.78 is 0. The number of nitrogens with zero attached hydrogens (tertiary/aromatic N) is 1. The molecule has 0 aliphatic rings. The highest BCUT2D eigenvalue weighted by Gasteiger charge is 2.13. The molecule has 0 amide bonds. The number of aliphatic hydroxyl groups excluding tert-OH is 1. The summed E-state index contributed by atoms with van der Waals surface area (Å²) in [4.78, 5) is 4.52. The standard InChI is InChI=1S/C15H19NOS/c1-15(2,3)12-6-4-11(5-7-12)13-10-18-14(16-13)8-9-17/h4-7,10,17H,8-9H2,1-3H3. The number of benzene rings is 1. The van der Waals surface area contributed by atoms with Crippen LogP contribution in [0.15, 0.2) is 29.6 Å². The SMILES string of the molecule is CC(C)(C)c1ccc(-c2csc(CCO)n2)cc1. The first kappa shape index (κ1) is 13.2. The zero-order valence-corrected chi connectivity index (χ0v) is 11.9. The summed E-state index contributed by atoms with van der Waals surface area (Å²) in [5, 5.41) is 11.9. The van der Waals surface area contributed by atoms with E-state index in [1.54, 1.807) is 11.3 Å². The molecule has 18 heavy (non-hydrogen) atoms. The van der Waals surface area contributed by atoms with Crippen molar-refractivity contribution in [3.05, 3.63) is 40.2 Å². The van der Waals surface area contributed by atoms with E-state index < -0.39 is 0 Å². The summed E-state index contributed by atoms with van der Waals surface area (Å²) >= 11 is 1.61. The Hall–Kier alpha value is -1.19. The van der Waals surface area contributed by atoms with Crippen LogP contribution in [0.4, 0.5) is 0 Å². The van der Waals surface area contributed by atoms with Gasteiger partial charge in [0.15, 0.2) is 0 Å². The molecular formula is C15H19NOS. The van der Waals surface area contributed by atoms with Gasteiger partial charge in [0.25, 0.3) is 0 Å². The largest absolute Gasteiger partial charge is 0.396 e. The molecule has 2 aromatic rings. The van der Waals surface area contributed by atoms with Gasteiger partial charge in [0.2, 0.25) is 0 Å².